The highest BCUT2D eigenvalue weighted by Gasteiger charge is 2.43. The van der Waals surface area contributed by atoms with E-state index >= 15 is 0 Å². The molecule has 19 heavy (non-hydrogen) atoms. The number of nitrogens with zero attached hydrogens (tertiary/aromatic N) is 1. The zero-order valence-corrected chi connectivity index (χ0v) is 12.4. The van der Waals surface area contributed by atoms with Crippen LogP contribution >= 0.6 is 0 Å². The fourth-order valence-electron chi connectivity index (χ4n) is 4.78. The first-order valence-electron chi connectivity index (χ1n) is 8.30. The van der Waals surface area contributed by atoms with Crippen molar-refractivity contribution in [3.8, 4) is 0 Å². The zero-order valence-electron chi connectivity index (χ0n) is 12.4. The summed E-state index contributed by atoms with van der Waals surface area (Å²) in [4.78, 5) is 2.75. The van der Waals surface area contributed by atoms with Gasteiger partial charge in [-0.15, -0.1) is 0 Å². The fraction of sp³-hybridized carbons (Fsp3) is 1.00. The molecule has 2 aliphatic heterocycles. The normalized spacial score (nSPS) is 44.8. The van der Waals surface area contributed by atoms with E-state index in [9.17, 15) is 0 Å². The van der Waals surface area contributed by atoms with E-state index in [1.54, 1.807) is 0 Å². The molecule has 2 N–H and O–H groups in total. The Bertz CT molecular complexity index is 309. The summed E-state index contributed by atoms with van der Waals surface area (Å²) in [6, 6.07) is 0. The molecule has 0 aromatic heterocycles. The van der Waals surface area contributed by atoms with Gasteiger partial charge in [0.05, 0.1) is 6.10 Å². The van der Waals surface area contributed by atoms with Crippen LogP contribution in [0.1, 0.15) is 51.9 Å². The predicted octanol–water partition coefficient (Wildman–Crippen LogP) is 2.39. The highest BCUT2D eigenvalue weighted by atomic mass is 16.5. The van der Waals surface area contributed by atoms with Gasteiger partial charge in [0, 0.05) is 25.2 Å². The number of nitrogens with two attached hydrogens (primary N) is 1. The molecule has 110 valence electrons. The molecule has 3 fully saturated rings. The first-order valence-corrected chi connectivity index (χ1v) is 8.30. The number of piperidine rings is 1. The Morgan fingerprint density at radius 1 is 1.21 bits per heavy atom. The van der Waals surface area contributed by atoms with Gasteiger partial charge in [-0.25, -0.2) is 0 Å². The summed E-state index contributed by atoms with van der Waals surface area (Å²) >= 11 is 0. The summed E-state index contributed by atoms with van der Waals surface area (Å²) in [6.45, 7) is 6.47. The molecule has 1 aliphatic carbocycles. The van der Waals surface area contributed by atoms with Crippen molar-refractivity contribution in [3.05, 3.63) is 0 Å². The van der Waals surface area contributed by atoms with Crippen molar-refractivity contribution in [2.45, 2.75) is 63.5 Å². The average Bonchev–Trinajstić information content (AvgIpc) is 2.46. The van der Waals surface area contributed by atoms with Crippen LogP contribution < -0.4 is 5.73 Å². The Morgan fingerprint density at radius 2 is 2.00 bits per heavy atom. The second-order valence-corrected chi connectivity index (χ2v) is 7.10. The quantitative estimate of drug-likeness (QED) is 0.834. The molecule has 0 spiro atoms. The third-order valence-electron chi connectivity index (χ3n) is 5.98. The SMILES string of the molecule is CC1CC(CN)(N2CCC3CCCCC3C2)CCO1. The van der Waals surface area contributed by atoms with Crippen molar-refractivity contribution in [1.82, 2.24) is 4.90 Å². The van der Waals surface area contributed by atoms with Crippen molar-refractivity contribution in [3.63, 3.8) is 0 Å². The summed E-state index contributed by atoms with van der Waals surface area (Å²) in [6.07, 6.45) is 9.88. The maximum absolute atomic E-state index is 6.20. The van der Waals surface area contributed by atoms with Crippen LogP contribution in [0.5, 0.6) is 0 Å². The van der Waals surface area contributed by atoms with Gasteiger partial charge in [0.15, 0.2) is 0 Å². The number of likely N-dealkylation sites (tertiary alicyclic amines) is 1. The topological polar surface area (TPSA) is 38.5 Å². The second-order valence-electron chi connectivity index (χ2n) is 7.10. The van der Waals surface area contributed by atoms with Crippen LogP contribution in [0.4, 0.5) is 0 Å². The molecule has 3 heteroatoms. The number of rotatable bonds is 2. The molecular weight excluding hydrogens is 236 g/mol. The maximum atomic E-state index is 6.20. The number of hydrogen-bond donors (Lipinski definition) is 1. The number of ether oxygens (including phenoxy) is 1. The fourth-order valence-corrected chi connectivity index (χ4v) is 4.78. The van der Waals surface area contributed by atoms with Gasteiger partial charge >= 0.3 is 0 Å². The minimum atomic E-state index is 0.236. The van der Waals surface area contributed by atoms with Crippen molar-refractivity contribution in [1.29, 1.82) is 0 Å². The molecule has 4 atom stereocenters. The van der Waals surface area contributed by atoms with Gasteiger partial charge in [0.1, 0.15) is 0 Å². The Balaban J connectivity index is 1.69. The molecule has 0 amide bonds. The van der Waals surface area contributed by atoms with Gasteiger partial charge in [0.25, 0.3) is 0 Å². The predicted molar refractivity (Wildman–Crippen MR) is 78.1 cm³/mol. The van der Waals surface area contributed by atoms with E-state index in [1.165, 1.54) is 45.2 Å². The van der Waals surface area contributed by atoms with Crippen LogP contribution in [-0.4, -0.2) is 42.8 Å². The summed E-state index contributed by atoms with van der Waals surface area (Å²) in [5.41, 5.74) is 6.44. The van der Waals surface area contributed by atoms with Crippen molar-refractivity contribution >= 4 is 0 Å². The van der Waals surface area contributed by atoms with E-state index in [4.69, 9.17) is 10.5 Å². The Hall–Kier alpha value is -0.120. The van der Waals surface area contributed by atoms with Gasteiger partial charge in [-0.3, -0.25) is 4.90 Å². The first kappa shape index (κ1) is 13.8. The molecule has 3 aliphatic rings. The van der Waals surface area contributed by atoms with Crippen LogP contribution in [-0.2, 0) is 4.74 Å². The molecule has 3 nitrogen and oxygen atoms in total. The maximum Gasteiger partial charge on any atom is 0.0565 e. The standard InChI is InChI=1S/C16H30N2O/c1-13-10-16(12-17,7-9-19-13)18-8-6-14-4-2-3-5-15(14)11-18/h13-15H,2-12,17H2,1H3. The summed E-state index contributed by atoms with van der Waals surface area (Å²) in [5, 5.41) is 0. The lowest BCUT2D eigenvalue weighted by Gasteiger charge is -2.52. The van der Waals surface area contributed by atoms with Crippen LogP contribution in [0.3, 0.4) is 0 Å². The monoisotopic (exact) mass is 266 g/mol. The van der Waals surface area contributed by atoms with E-state index < -0.39 is 0 Å². The van der Waals surface area contributed by atoms with E-state index in [1.807, 2.05) is 0 Å². The molecule has 3 rings (SSSR count). The second kappa shape index (κ2) is 5.71. The van der Waals surface area contributed by atoms with E-state index in [0.717, 1.165) is 37.8 Å². The summed E-state index contributed by atoms with van der Waals surface area (Å²) in [5.74, 6) is 1.96. The van der Waals surface area contributed by atoms with Crippen molar-refractivity contribution in [2.24, 2.45) is 17.6 Å². The zero-order chi connectivity index (χ0) is 13.3. The lowest BCUT2D eigenvalue weighted by molar-refractivity contribution is -0.0842. The third-order valence-corrected chi connectivity index (χ3v) is 5.98. The molecular formula is C16H30N2O. The first-order chi connectivity index (χ1) is 9.23. The largest absolute Gasteiger partial charge is 0.378 e. The lowest BCUT2D eigenvalue weighted by atomic mass is 9.73. The minimum absolute atomic E-state index is 0.236. The number of fused-ring (bicyclic) bond motifs is 1. The Labute approximate surface area is 117 Å². The van der Waals surface area contributed by atoms with E-state index in [0.29, 0.717) is 6.10 Å². The van der Waals surface area contributed by atoms with Gasteiger partial charge in [-0.1, -0.05) is 19.3 Å². The van der Waals surface area contributed by atoms with Crippen LogP contribution in [0.25, 0.3) is 0 Å². The van der Waals surface area contributed by atoms with Crippen molar-refractivity contribution in [2.75, 3.05) is 26.2 Å². The summed E-state index contributed by atoms with van der Waals surface area (Å²) in [7, 11) is 0. The van der Waals surface area contributed by atoms with E-state index in [-0.39, 0.29) is 5.54 Å². The highest BCUT2D eigenvalue weighted by molar-refractivity contribution is 4.99. The summed E-state index contributed by atoms with van der Waals surface area (Å²) < 4.78 is 5.75. The Kier molecular flexibility index (Phi) is 4.16. The average molecular weight is 266 g/mol. The molecule has 2 saturated heterocycles. The van der Waals surface area contributed by atoms with Crippen LogP contribution in [0.2, 0.25) is 0 Å². The van der Waals surface area contributed by atoms with Gasteiger partial charge in [-0.05, 0) is 51.0 Å². The minimum Gasteiger partial charge on any atom is -0.378 e. The Morgan fingerprint density at radius 3 is 2.74 bits per heavy atom. The molecule has 0 radical (unpaired) electrons. The molecule has 0 aromatic rings. The van der Waals surface area contributed by atoms with Crippen LogP contribution in [0, 0.1) is 11.8 Å². The smallest absolute Gasteiger partial charge is 0.0565 e. The third kappa shape index (κ3) is 2.70. The van der Waals surface area contributed by atoms with Crippen molar-refractivity contribution < 1.29 is 4.74 Å². The van der Waals surface area contributed by atoms with Gasteiger partial charge in [0.2, 0.25) is 0 Å². The molecule has 2 heterocycles. The van der Waals surface area contributed by atoms with E-state index in [2.05, 4.69) is 11.8 Å². The highest BCUT2D eigenvalue weighted by Crippen LogP contribution is 2.40. The van der Waals surface area contributed by atoms with Gasteiger partial charge < -0.3 is 10.5 Å². The lowest BCUT2D eigenvalue weighted by Crippen LogP contribution is -2.61. The number of hydrogen-bond acceptors (Lipinski definition) is 3. The molecule has 0 bridgehead atoms. The molecule has 0 aromatic carbocycles. The van der Waals surface area contributed by atoms with Crippen LogP contribution in [0.15, 0.2) is 0 Å². The molecule has 1 saturated carbocycles. The van der Waals surface area contributed by atoms with Gasteiger partial charge in [-0.2, -0.15) is 0 Å². The molecule has 4 unspecified atom stereocenters.